The van der Waals surface area contributed by atoms with Gasteiger partial charge in [-0.25, -0.2) is 0 Å². The van der Waals surface area contributed by atoms with Gasteiger partial charge in [-0.3, -0.25) is 14.5 Å². The topological polar surface area (TPSA) is 65.6 Å². The van der Waals surface area contributed by atoms with Crippen LogP contribution in [0.25, 0.3) is 0 Å². The number of anilines is 1. The summed E-state index contributed by atoms with van der Waals surface area (Å²) in [5, 5.41) is 0. The van der Waals surface area contributed by atoms with Gasteiger partial charge in [0.1, 0.15) is 10.1 Å². The van der Waals surface area contributed by atoms with Crippen molar-refractivity contribution >= 4 is 45.8 Å². The first-order valence-corrected chi connectivity index (χ1v) is 12.0. The van der Waals surface area contributed by atoms with E-state index in [1.807, 2.05) is 35.4 Å². The molecule has 0 saturated carbocycles. The van der Waals surface area contributed by atoms with Gasteiger partial charge in [0.25, 0.3) is 5.91 Å². The van der Waals surface area contributed by atoms with Gasteiger partial charge >= 0.3 is 0 Å². The number of thioether (sulfide) groups is 1. The molecule has 3 aliphatic rings. The van der Waals surface area contributed by atoms with Crippen molar-refractivity contribution < 1.29 is 19.1 Å². The normalized spacial score (nSPS) is 21.0. The molecule has 0 unspecified atom stereocenters. The number of carbonyl (C=O) groups excluding carboxylic acids is 2. The van der Waals surface area contributed by atoms with Crippen molar-refractivity contribution in [3.63, 3.8) is 0 Å². The number of rotatable bonds is 6. The monoisotopic (exact) mass is 476 g/mol. The van der Waals surface area contributed by atoms with E-state index in [2.05, 4.69) is 9.80 Å². The highest BCUT2D eigenvalue weighted by atomic mass is 32.2. The van der Waals surface area contributed by atoms with Crippen LogP contribution in [-0.2, 0) is 14.3 Å². The van der Waals surface area contributed by atoms with Gasteiger partial charge in [-0.1, -0.05) is 24.0 Å². The number of benzene rings is 1. The number of hydrogen-bond acceptors (Lipinski definition) is 8. The van der Waals surface area contributed by atoms with Crippen molar-refractivity contribution in [2.24, 2.45) is 0 Å². The Labute approximate surface area is 198 Å². The molecular formula is C22H28N4O4S2. The Morgan fingerprint density at radius 1 is 1.12 bits per heavy atom. The van der Waals surface area contributed by atoms with Gasteiger partial charge in [-0.15, -0.1) is 0 Å². The molecule has 3 aliphatic heterocycles. The quantitative estimate of drug-likeness (QED) is 0.455. The number of piperazine rings is 1. The van der Waals surface area contributed by atoms with E-state index in [0.29, 0.717) is 42.1 Å². The Morgan fingerprint density at radius 3 is 2.47 bits per heavy atom. The summed E-state index contributed by atoms with van der Waals surface area (Å²) < 4.78 is 11.1. The van der Waals surface area contributed by atoms with Crippen molar-refractivity contribution in [3.05, 3.63) is 35.4 Å². The molecular weight excluding hydrogens is 448 g/mol. The summed E-state index contributed by atoms with van der Waals surface area (Å²) in [5.41, 5.74) is 1.13. The highest BCUT2D eigenvalue weighted by Crippen LogP contribution is 2.31. The standard InChI is InChI=1S/C22H28N4O4S2/c1-29-18-4-2-17(3-5-18)24-8-10-25(11-9-24)20(27)6-7-26-21(28)19(32-22(26)31)16-23-12-14-30-15-13-23/h2-5,16H,6-15H2,1H3. The largest absolute Gasteiger partial charge is 0.497 e. The molecule has 0 atom stereocenters. The minimum absolute atomic E-state index is 0.0607. The van der Waals surface area contributed by atoms with Crippen molar-refractivity contribution in [1.29, 1.82) is 0 Å². The number of methoxy groups -OCH3 is 1. The zero-order valence-corrected chi connectivity index (χ0v) is 19.8. The number of ether oxygens (including phenoxy) is 2. The van der Waals surface area contributed by atoms with Crippen LogP contribution in [0.1, 0.15) is 6.42 Å². The van der Waals surface area contributed by atoms with E-state index in [-0.39, 0.29) is 18.2 Å². The molecule has 3 saturated heterocycles. The molecule has 0 bridgehead atoms. The van der Waals surface area contributed by atoms with Crippen LogP contribution in [0, 0.1) is 0 Å². The molecule has 0 spiro atoms. The summed E-state index contributed by atoms with van der Waals surface area (Å²) in [6, 6.07) is 7.97. The predicted octanol–water partition coefficient (Wildman–Crippen LogP) is 1.77. The minimum Gasteiger partial charge on any atom is -0.497 e. The van der Waals surface area contributed by atoms with Gasteiger partial charge in [0.05, 0.1) is 25.2 Å². The molecule has 0 N–H and O–H groups in total. The highest BCUT2D eigenvalue weighted by molar-refractivity contribution is 8.26. The molecule has 0 aromatic heterocycles. The summed E-state index contributed by atoms with van der Waals surface area (Å²) in [7, 11) is 1.65. The Hall–Kier alpha value is -2.30. The van der Waals surface area contributed by atoms with Gasteiger partial charge in [0.15, 0.2) is 0 Å². The van der Waals surface area contributed by atoms with E-state index in [9.17, 15) is 9.59 Å². The first kappa shape index (κ1) is 22.9. The van der Waals surface area contributed by atoms with Gasteiger partial charge in [-0.2, -0.15) is 0 Å². The lowest BCUT2D eigenvalue weighted by molar-refractivity contribution is -0.132. The first-order chi connectivity index (χ1) is 15.5. The third-order valence-electron chi connectivity index (χ3n) is 5.84. The predicted molar refractivity (Wildman–Crippen MR) is 129 cm³/mol. The summed E-state index contributed by atoms with van der Waals surface area (Å²) in [4.78, 5) is 33.9. The van der Waals surface area contributed by atoms with Crippen LogP contribution in [0.4, 0.5) is 5.69 Å². The van der Waals surface area contributed by atoms with Crippen LogP contribution in [0.2, 0.25) is 0 Å². The van der Waals surface area contributed by atoms with E-state index in [1.165, 1.54) is 11.8 Å². The maximum absolute atomic E-state index is 12.8. The number of thiocarbonyl (C=S) groups is 1. The molecule has 2 amide bonds. The molecule has 8 nitrogen and oxygen atoms in total. The molecule has 172 valence electrons. The zero-order valence-electron chi connectivity index (χ0n) is 18.2. The van der Waals surface area contributed by atoms with Gasteiger partial charge < -0.3 is 24.2 Å². The van der Waals surface area contributed by atoms with Gasteiger partial charge in [-0.05, 0) is 24.3 Å². The van der Waals surface area contributed by atoms with Crippen LogP contribution in [-0.4, -0.2) is 97.0 Å². The minimum atomic E-state index is -0.108. The molecule has 3 heterocycles. The van der Waals surface area contributed by atoms with E-state index in [1.54, 1.807) is 12.0 Å². The van der Waals surface area contributed by atoms with Crippen molar-refractivity contribution in [2.75, 3.05) is 71.0 Å². The van der Waals surface area contributed by atoms with Gasteiger partial charge in [0, 0.05) is 64.1 Å². The molecule has 1 aromatic rings. The second-order valence-electron chi connectivity index (χ2n) is 7.78. The first-order valence-electron chi connectivity index (χ1n) is 10.8. The van der Waals surface area contributed by atoms with Crippen LogP contribution < -0.4 is 9.64 Å². The Bertz CT molecular complexity index is 878. The van der Waals surface area contributed by atoms with Crippen LogP contribution in [0.15, 0.2) is 35.4 Å². The maximum Gasteiger partial charge on any atom is 0.267 e. The second-order valence-corrected chi connectivity index (χ2v) is 9.46. The molecule has 3 fully saturated rings. The fraction of sp³-hybridized carbons (Fsp3) is 0.500. The number of carbonyl (C=O) groups is 2. The molecule has 32 heavy (non-hydrogen) atoms. The smallest absolute Gasteiger partial charge is 0.267 e. The number of hydrogen-bond donors (Lipinski definition) is 0. The summed E-state index contributed by atoms with van der Waals surface area (Å²) in [6.07, 6.45) is 2.15. The molecule has 10 heteroatoms. The third kappa shape index (κ3) is 5.36. The lowest BCUT2D eigenvalue weighted by atomic mass is 10.2. The van der Waals surface area contributed by atoms with E-state index < -0.39 is 0 Å². The van der Waals surface area contributed by atoms with Crippen molar-refractivity contribution in [2.45, 2.75) is 6.42 Å². The number of morpholine rings is 1. The number of amides is 2. The van der Waals surface area contributed by atoms with E-state index in [0.717, 1.165) is 37.6 Å². The second kappa shape index (κ2) is 10.5. The van der Waals surface area contributed by atoms with E-state index in [4.69, 9.17) is 21.7 Å². The fourth-order valence-corrected chi connectivity index (χ4v) is 5.24. The lowest BCUT2D eigenvalue weighted by Gasteiger charge is -2.36. The van der Waals surface area contributed by atoms with Crippen LogP contribution >= 0.6 is 24.0 Å². The zero-order chi connectivity index (χ0) is 22.5. The number of nitrogens with zero attached hydrogens (tertiary/aromatic N) is 4. The SMILES string of the molecule is COc1ccc(N2CCN(C(=O)CCN3C(=O)C(=CN4CCOCC4)SC3=S)CC2)cc1. The maximum atomic E-state index is 12.8. The third-order valence-corrected chi connectivity index (χ3v) is 7.20. The molecule has 4 rings (SSSR count). The van der Waals surface area contributed by atoms with Crippen molar-refractivity contribution in [3.8, 4) is 5.75 Å². The molecule has 1 aromatic carbocycles. The van der Waals surface area contributed by atoms with Crippen LogP contribution in [0.3, 0.4) is 0 Å². The average Bonchev–Trinajstić information content (AvgIpc) is 3.10. The molecule has 0 aliphatic carbocycles. The lowest BCUT2D eigenvalue weighted by Crippen LogP contribution is -2.49. The summed E-state index contributed by atoms with van der Waals surface area (Å²) in [6.45, 7) is 6.08. The Morgan fingerprint density at radius 2 is 1.81 bits per heavy atom. The fourth-order valence-electron chi connectivity index (χ4n) is 3.93. The molecule has 0 radical (unpaired) electrons. The highest BCUT2D eigenvalue weighted by Gasteiger charge is 2.33. The van der Waals surface area contributed by atoms with Gasteiger partial charge in [0.2, 0.25) is 5.91 Å². The van der Waals surface area contributed by atoms with Crippen LogP contribution in [0.5, 0.6) is 5.75 Å². The Kier molecular flexibility index (Phi) is 7.54. The summed E-state index contributed by atoms with van der Waals surface area (Å²) >= 11 is 6.71. The average molecular weight is 477 g/mol. The van der Waals surface area contributed by atoms with E-state index >= 15 is 0 Å². The Balaban J connectivity index is 1.25. The summed E-state index contributed by atoms with van der Waals surface area (Å²) in [5.74, 6) is 0.784. The van der Waals surface area contributed by atoms with Crippen molar-refractivity contribution in [1.82, 2.24) is 14.7 Å².